The van der Waals surface area contributed by atoms with Crippen LogP contribution in [-0.4, -0.2) is 31.1 Å². The average Bonchev–Trinajstić information content (AvgIpc) is 3.41. The van der Waals surface area contributed by atoms with E-state index in [2.05, 4.69) is 15.2 Å². The Hall–Kier alpha value is -2.92. The summed E-state index contributed by atoms with van der Waals surface area (Å²) < 4.78 is 5.55. The maximum atomic E-state index is 12.6. The van der Waals surface area contributed by atoms with Crippen LogP contribution in [0.25, 0.3) is 11.1 Å². The molecule has 2 heterocycles. The highest BCUT2D eigenvalue weighted by molar-refractivity contribution is 6.30. The van der Waals surface area contributed by atoms with Gasteiger partial charge in [-0.1, -0.05) is 23.7 Å². The summed E-state index contributed by atoms with van der Waals surface area (Å²) >= 11 is 5.94. The largest absolute Gasteiger partial charge is 0.495 e. The van der Waals surface area contributed by atoms with Crippen molar-refractivity contribution in [2.45, 2.75) is 12.8 Å². The summed E-state index contributed by atoms with van der Waals surface area (Å²) in [5, 5.41) is 3.62. The van der Waals surface area contributed by atoms with Crippen molar-refractivity contribution in [3.63, 3.8) is 0 Å². The number of rotatable bonds is 5. The van der Waals surface area contributed by atoms with E-state index in [1.165, 1.54) is 12.8 Å². The molecular weight excluding hydrogens is 374 g/mol. The predicted octanol–water partition coefficient (Wildman–Crippen LogP) is 5.20. The molecule has 3 aromatic rings. The molecule has 144 valence electrons. The molecule has 1 aromatic heterocycles. The summed E-state index contributed by atoms with van der Waals surface area (Å²) in [6, 6.07) is 15.1. The highest BCUT2D eigenvalue weighted by atomic mass is 35.5. The number of carbonyl (C=O) groups excluding carboxylic acids is 1. The van der Waals surface area contributed by atoms with Gasteiger partial charge in [-0.2, -0.15) is 0 Å². The number of H-pyrrole nitrogens is 1. The fraction of sp³-hybridized carbons (Fsp3) is 0.227. The maximum Gasteiger partial charge on any atom is 0.272 e. The van der Waals surface area contributed by atoms with Crippen molar-refractivity contribution in [3.8, 4) is 16.9 Å². The van der Waals surface area contributed by atoms with Gasteiger partial charge in [-0.05, 0) is 54.3 Å². The molecule has 0 radical (unpaired) electrons. The number of halogens is 1. The summed E-state index contributed by atoms with van der Waals surface area (Å²) in [4.78, 5) is 18.0. The third kappa shape index (κ3) is 3.85. The molecule has 2 aromatic carbocycles. The molecule has 1 saturated heterocycles. The van der Waals surface area contributed by atoms with Crippen molar-refractivity contribution < 1.29 is 9.53 Å². The van der Waals surface area contributed by atoms with Crippen LogP contribution in [0.5, 0.6) is 5.75 Å². The molecule has 1 aliphatic rings. The van der Waals surface area contributed by atoms with E-state index in [1.807, 2.05) is 54.7 Å². The number of nitrogens with one attached hydrogen (secondary N) is 2. The zero-order valence-electron chi connectivity index (χ0n) is 15.7. The molecule has 0 atom stereocenters. The second-order valence-electron chi connectivity index (χ2n) is 6.84. The van der Waals surface area contributed by atoms with Gasteiger partial charge < -0.3 is 19.9 Å². The first-order valence-electron chi connectivity index (χ1n) is 9.33. The van der Waals surface area contributed by atoms with Crippen molar-refractivity contribution in [2.75, 3.05) is 30.4 Å². The van der Waals surface area contributed by atoms with Crippen molar-refractivity contribution in [1.82, 2.24) is 4.98 Å². The molecule has 0 saturated carbocycles. The number of amides is 1. The lowest BCUT2D eigenvalue weighted by atomic mass is 10.1. The summed E-state index contributed by atoms with van der Waals surface area (Å²) in [7, 11) is 1.66. The minimum Gasteiger partial charge on any atom is -0.495 e. The van der Waals surface area contributed by atoms with Gasteiger partial charge in [0.2, 0.25) is 0 Å². The Morgan fingerprint density at radius 3 is 2.54 bits per heavy atom. The van der Waals surface area contributed by atoms with Gasteiger partial charge in [0.15, 0.2) is 0 Å². The molecule has 5 nitrogen and oxygen atoms in total. The van der Waals surface area contributed by atoms with Crippen LogP contribution in [0.2, 0.25) is 5.02 Å². The molecule has 1 amide bonds. The molecule has 2 N–H and O–H groups in total. The maximum absolute atomic E-state index is 12.6. The summed E-state index contributed by atoms with van der Waals surface area (Å²) in [5.41, 5.74) is 4.20. The Balaban J connectivity index is 1.50. The molecule has 0 unspecified atom stereocenters. The number of methoxy groups -OCH3 is 1. The van der Waals surface area contributed by atoms with Gasteiger partial charge in [0, 0.05) is 36.1 Å². The summed E-state index contributed by atoms with van der Waals surface area (Å²) in [6.07, 6.45) is 4.21. The minimum atomic E-state index is -0.198. The van der Waals surface area contributed by atoms with E-state index >= 15 is 0 Å². The third-order valence-electron chi connectivity index (χ3n) is 4.99. The van der Waals surface area contributed by atoms with Crippen LogP contribution in [0.4, 0.5) is 11.4 Å². The van der Waals surface area contributed by atoms with Crippen LogP contribution in [-0.2, 0) is 0 Å². The molecular formula is C22H22ClN3O2. The Bertz CT molecular complexity index is 976. The number of aromatic nitrogens is 1. The van der Waals surface area contributed by atoms with E-state index in [4.69, 9.17) is 16.3 Å². The zero-order chi connectivity index (χ0) is 19.5. The quantitative estimate of drug-likeness (QED) is 0.624. The number of hydrogen-bond acceptors (Lipinski definition) is 3. The van der Waals surface area contributed by atoms with E-state index < -0.39 is 0 Å². The van der Waals surface area contributed by atoms with Gasteiger partial charge in [0.25, 0.3) is 5.91 Å². The SMILES string of the molecule is COc1cc(NC(=O)c2cc(-c3ccc(Cl)cc3)c[nH]2)ccc1N1CCCC1. The van der Waals surface area contributed by atoms with Crippen LogP contribution in [0.3, 0.4) is 0 Å². The number of nitrogens with zero attached hydrogens (tertiary/aromatic N) is 1. The number of hydrogen-bond donors (Lipinski definition) is 2. The number of ether oxygens (including phenoxy) is 1. The average molecular weight is 396 g/mol. The topological polar surface area (TPSA) is 57.4 Å². The molecule has 4 rings (SSSR count). The van der Waals surface area contributed by atoms with Gasteiger partial charge in [-0.3, -0.25) is 4.79 Å². The molecule has 28 heavy (non-hydrogen) atoms. The highest BCUT2D eigenvalue weighted by Gasteiger charge is 2.17. The number of carbonyl (C=O) groups is 1. The first-order chi connectivity index (χ1) is 13.6. The second-order valence-corrected chi connectivity index (χ2v) is 7.28. The lowest BCUT2D eigenvalue weighted by Gasteiger charge is -2.21. The van der Waals surface area contributed by atoms with Gasteiger partial charge in [-0.15, -0.1) is 0 Å². The van der Waals surface area contributed by atoms with Crippen molar-refractivity contribution >= 4 is 28.9 Å². The highest BCUT2D eigenvalue weighted by Crippen LogP contribution is 2.33. The smallest absolute Gasteiger partial charge is 0.272 e. The zero-order valence-corrected chi connectivity index (χ0v) is 16.4. The van der Waals surface area contributed by atoms with Crippen molar-refractivity contribution in [2.24, 2.45) is 0 Å². The predicted molar refractivity (Wildman–Crippen MR) is 114 cm³/mol. The molecule has 1 fully saturated rings. The lowest BCUT2D eigenvalue weighted by Crippen LogP contribution is -2.18. The third-order valence-corrected chi connectivity index (χ3v) is 5.24. The standard InChI is InChI=1S/C22H22ClN3O2/c1-28-21-13-18(8-9-20(21)26-10-2-3-11-26)25-22(27)19-12-16(14-24-19)15-4-6-17(23)7-5-15/h4-9,12-14,24H,2-3,10-11H2,1H3,(H,25,27). The number of benzene rings is 2. The Labute approximate surface area is 169 Å². The van der Waals surface area contributed by atoms with Crippen LogP contribution >= 0.6 is 11.6 Å². The first kappa shape index (κ1) is 18.4. The number of aromatic amines is 1. The van der Waals surface area contributed by atoms with Gasteiger partial charge >= 0.3 is 0 Å². The summed E-state index contributed by atoms with van der Waals surface area (Å²) in [5.74, 6) is 0.573. The van der Waals surface area contributed by atoms with Crippen molar-refractivity contribution in [3.05, 3.63) is 65.4 Å². The lowest BCUT2D eigenvalue weighted by molar-refractivity contribution is 0.102. The van der Waals surface area contributed by atoms with Gasteiger partial charge in [0.1, 0.15) is 11.4 Å². The first-order valence-corrected chi connectivity index (χ1v) is 9.70. The second kappa shape index (κ2) is 7.98. The monoisotopic (exact) mass is 395 g/mol. The minimum absolute atomic E-state index is 0.198. The fourth-order valence-corrected chi connectivity index (χ4v) is 3.63. The molecule has 0 bridgehead atoms. The van der Waals surface area contributed by atoms with E-state index in [9.17, 15) is 4.79 Å². The van der Waals surface area contributed by atoms with Gasteiger partial charge in [-0.25, -0.2) is 0 Å². The number of anilines is 2. The van der Waals surface area contributed by atoms with Crippen LogP contribution < -0.4 is 15.0 Å². The molecule has 0 spiro atoms. The fourth-order valence-electron chi connectivity index (χ4n) is 3.51. The van der Waals surface area contributed by atoms with E-state index in [0.717, 1.165) is 35.7 Å². The van der Waals surface area contributed by atoms with E-state index in [0.29, 0.717) is 16.4 Å². The van der Waals surface area contributed by atoms with E-state index in [1.54, 1.807) is 7.11 Å². The summed E-state index contributed by atoms with van der Waals surface area (Å²) in [6.45, 7) is 2.08. The molecule has 6 heteroatoms. The van der Waals surface area contributed by atoms with Crippen LogP contribution in [0.15, 0.2) is 54.7 Å². The Morgan fingerprint density at radius 1 is 1.07 bits per heavy atom. The van der Waals surface area contributed by atoms with Crippen molar-refractivity contribution in [1.29, 1.82) is 0 Å². The Kier molecular flexibility index (Phi) is 5.26. The molecule has 0 aliphatic carbocycles. The Morgan fingerprint density at radius 2 is 1.82 bits per heavy atom. The van der Waals surface area contributed by atoms with E-state index in [-0.39, 0.29) is 5.91 Å². The van der Waals surface area contributed by atoms with Gasteiger partial charge in [0.05, 0.1) is 12.8 Å². The molecule has 1 aliphatic heterocycles. The van der Waals surface area contributed by atoms with Crippen LogP contribution in [0, 0.1) is 0 Å². The normalized spacial score (nSPS) is 13.6. The van der Waals surface area contributed by atoms with Crippen LogP contribution in [0.1, 0.15) is 23.3 Å².